The minimum atomic E-state index is -4.93. The molecule has 0 saturated carbocycles. The van der Waals surface area contributed by atoms with E-state index in [4.69, 9.17) is 0 Å². The van der Waals surface area contributed by atoms with Crippen molar-refractivity contribution in [1.29, 1.82) is 0 Å². The van der Waals surface area contributed by atoms with Gasteiger partial charge in [-0.25, -0.2) is 0 Å². The minimum absolute atomic E-state index is 0.367. The van der Waals surface area contributed by atoms with E-state index in [9.17, 15) is 18.0 Å². The van der Waals surface area contributed by atoms with Gasteiger partial charge in [0.2, 0.25) is 5.69 Å². The first-order chi connectivity index (χ1) is 15.8. The summed E-state index contributed by atoms with van der Waals surface area (Å²) >= 11 is 0. The molecule has 2 aromatic rings. The number of amides is 1. The van der Waals surface area contributed by atoms with Crippen molar-refractivity contribution in [3.63, 3.8) is 0 Å². The first-order valence-electron chi connectivity index (χ1n) is 11.2. The van der Waals surface area contributed by atoms with Gasteiger partial charge in [-0.3, -0.25) is 4.79 Å². The number of benzene rings is 2. The van der Waals surface area contributed by atoms with E-state index in [1.54, 1.807) is 0 Å². The molecule has 4 nitrogen and oxygen atoms in total. The van der Waals surface area contributed by atoms with Gasteiger partial charge in [0, 0.05) is 49.1 Å². The van der Waals surface area contributed by atoms with Crippen LogP contribution in [0.25, 0.3) is 0 Å². The van der Waals surface area contributed by atoms with E-state index in [0.717, 1.165) is 53.4 Å². The van der Waals surface area contributed by atoms with Crippen LogP contribution in [0.2, 0.25) is 0 Å². The van der Waals surface area contributed by atoms with Crippen LogP contribution in [0.3, 0.4) is 0 Å². The number of carbonyl (C=O) groups is 1. The molecule has 0 spiro atoms. The van der Waals surface area contributed by atoms with Gasteiger partial charge in [0.1, 0.15) is 0 Å². The number of alkyl halides is 3. The molecule has 170 valence electrons. The van der Waals surface area contributed by atoms with Crippen LogP contribution in [0.4, 0.5) is 24.5 Å². The van der Waals surface area contributed by atoms with Crippen LogP contribution in [0.5, 0.6) is 0 Å². The Morgan fingerprint density at radius 2 is 1.73 bits per heavy atom. The molecule has 7 heteroatoms. The minimum Gasteiger partial charge on any atom is -0.347 e. The number of halogens is 3. The normalized spacial score (nSPS) is 20.1. The van der Waals surface area contributed by atoms with Crippen LogP contribution in [0, 0.1) is 0 Å². The maximum atomic E-state index is 13.3. The Hall–Kier alpha value is -3.35. The van der Waals surface area contributed by atoms with Crippen LogP contribution in [-0.4, -0.2) is 47.9 Å². The predicted octanol–water partition coefficient (Wildman–Crippen LogP) is 4.97. The lowest BCUT2D eigenvalue weighted by molar-refractivity contribution is -0.423. The molecule has 0 aromatic heterocycles. The van der Waals surface area contributed by atoms with Crippen LogP contribution in [0.1, 0.15) is 24.0 Å². The summed E-state index contributed by atoms with van der Waals surface area (Å²) in [4.78, 5) is 15.1. The number of rotatable bonds is 3. The zero-order valence-electron chi connectivity index (χ0n) is 18.4. The van der Waals surface area contributed by atoms with Crippen LogP contribution < -0.4 is 4.90 Å². The third-order valence-electron chi connectivity index (χ3n) is 6.62. The Morgan fingerprint density at radius 3 is 2.52 bits per heavy atom. The second kappa shape index (κ2) is 8.21. The van der Waals surface area contributed by atoms with Gasteiger partial charge in [-0.2, -0.15) is 17.7 Å². The van der Waals surface area contributed by atoms with Crippen molar-refractivity contribution in [2.75, 3.05) is 25.0 Å². The highest BCUT2D eigenvalue weighted by atomic mass is 19.4. The number of para-hydroxylation sites is 2. The third-order valence-corrected chi connectivity index (χ3v) is 6.62. The summed E-state index contributed by atoms with van der Waals surface area (Å²) < 4.78 is 42.1. The maximum Gasteiger partial charge on any atom is 0.471 e. The van der Waals surface area contributed by atoms with Gasteiger partial charge in [0.15, 0.2) is 12.8 Å². The Morgan fingerprint density at radius 1 is 1.00 bits per heavy atom. The zero-order chi connectivity index (χ0) is 23.2. The topological polar surface area (TPSA) is 26.6 Å². The monoisotopic (exact) mass is 452 g/mol. The van der Waals surface area contributed by atoms with Gasteiger partial charge in [0.05, 0.1) is 5.70 Å². The Bertz CT molecular complexity index is 1210. The molecule has 0 radical (unpaired) electrons. The van der Waals surface area contributed by atoms with Gasteiger partial charge in [-0.15, -0.1) is 0 Å². The van der Waals surface area contributed by atoms with Crippen molar-refractivity contribution in [3.8, 4) is 0 Å². The fourth-order valence-electron chi connectivity index (χ4n) is 5.06. The molecule has 0 atom stereocenters. The number of hydrogen-bond acceptors (Lipinski definition) is 2. The molecule has 33 heavy (non-hydrogen) atoms. The number of hydrogen-bond donors (Lipinski definition) is 0. The number of anilines is 1. The molecule has 0 saturated heterocycles. The lowest BCUT2D eigenvalue weighted by Gasteiger charge is -2.23. The molecule has 2 heterocycles. The molecular formula is C26H25F3N3O+. The fourth-order valence-corrected chi connectivity index (χ4v) is 5.06. The Labute approximate surface area is 190 Å². The first-order valence-corrected chi connectivity index (χ1v) is 11.2. The van der Waals surface area contributed by atoms with Crippen molar-refractivity contribution < 1.29 is 22.5 Å². The summed E-state index contributed by atoms with van der Waals surface area (Å²) in [6.45, 7) is 1.54. The summed E-state index contributed by atoms with van der Waals surface area (Å²) in [5.41, 5.74) is 6.46. The quantitative estimate of drug-likeness (QED) is 0.615. The lowest BCUT2D eigenvalue weighted by atomic mass is 10.1. The molecule has 0 bridgehead atoms. The highest BCUT2D eigenvalue weighted by molar-refractivity contribution is 5.88. The largest absolute Gasteiger partial charge is 0.471 e. The van der Waals surface area contributed by atoms with E-state index in [0.29, 0.717) is 18.5 Å². The van der Waals surface area contributed by atoms with Crippen molar-refractivity contribution in [2.24, 2.45) is 0 Å². The summed E-state index contributed by atoms with van der Waals surface area (Å²) in [7, 11) is 1.23. The second-order valence-electron chi connectivity index (χ2n) is 8.66. The molecule has 2 aromatic carbocycles. The van der Waals surface area contributed by atoms with Crippen molar-refractivity contribution in [2.45, 2.75) is 31.9 Å². The Kier molecular flexibility index (Phi) is 5.35. The molecule has 1 amide bonds. The average molecular weight is 453 g/mol. The van der Waals surface area contributed by atoms with Crippen LogP contribution in [0.15, 0.2) is 71.6 Å². The van der Waals surface area contributed by atoms with Crippen LogP contribution in [-0.2, 0) is 17.6 Å². The highest BCUT2D eigenvalue weighted by Crippen LogP contribution is 2.37. The van der Waals surface area contributed by atoms with Gasteiger partial charge in [0.25, 0.3) is 0 Å². The summed E-state index contributed by atoms with van der Waals surface area (Å²) in [5, 5.41) is 0. The molecule has 0 unspecified atom stereocenters. The van der Waals surface area contributed by atoms with Crippen LogP contribution >= 0.6 is 0 Å². The van der Waals surface area contributed by atoms with E-state index in [1.807, 2.05) is 48.8 Å². The first kappa shape index (κ1) is 21.5. The average Bonchev–Trinajstić information content (AvgIpc) is 3.51. The standard InChI is InChI=1S/C26H25F3N3O/c1-30(25(33)26(27,28)29)24-20(16-31-14-12-18-6-2-4-8-22(18)31)10-11-21(24)17-32-15-13-19-7-3-5-9-23(19)32/h2-9,16-17H,10-15H2,1H3/q+1. The number of nitrogens with zero attached hydrogens (tertiary/aromatic N) is 3. The molecular weight excluding hydrogens is 427 g/mol. The number of carbonyl (C=O) groups excluding carboxylic acids is 1. The van der Waals surface area contributed by atoms with E-state index in [2.05, 4.69) is 21.6 Å². The lowest BCUT2D eigenvalue weighted by Crippen LogP contribution is -2.38. The van der Waals surface area contributed by atoms with Crippen molar-refractivity contribution >= 4 is 23.5 Å². The molecule has 3 aliphatic rings. The maximum absolute atomic E-state index is 13.3. The number of likely N-dealkylation sites (N-methyl/N-ethyl adjacent to an activating group) is 1. The van der Waals surface area contributed by atoms with Gasteiger partial charge in [-0.1, -0.05) is 36.4 Å². The summed E-state index contributed by atoms with van der Waals surface area (Å²) in [6, 6.07) is 16.1. The van der Waals surface area contributed by atoms with E-state index in [1.165, 1.54) is 18.2 Å². The molecule has 1 aliphatic carbocycles. The summed E-state index contributed by atoms with van der Waals surface area (Å²) in [5.74, 6) is -1.85. The smallest absolute Gasteiger partial charge is 0.347 e. The van der Waals surface area contributed by atoms with Gasteiger partial charge in [-0.05, 0) is 36.5 Å². The molecule has 0 fully saturated rings. The van der Waals surface area contributed by atoms with Crippen molar-refractivity contribution in [3.05, 3.63) is 82.7 Å². The molecule has 0 N–H and O–H groups in total. The summed E-state index contributed by atoms with van der Waals surface area (Å²) in [6.07, 6.45) is 1.89. The Balaban J connectivity index is 1.57. The number of fused-ring (bicyclic) bond motifs is 2. The zero-order valence-corrected chi connectivity index (χ0v) is 18.4. The number of allylic oxidation sites excluding steroid dienone is 2. The molecule has 2 aliphatic heterocycles. The highest BCUT2D eigenvalue weighted by Gasteiger charge is 2.44. The van der Waals surface area contributed by atoms with Gasteiger partial charge < -0.3 is 9.80 Å². The van der Waals surface area contributed by atoms with E-state index < -0.39 is 12.1 Å². The predicted molar refractivity (Wildman–Crippen MR) is 122 cm³/mol. The molecule has 5 rings (SSSR count). The van der Waals surface area contributed by atoms with E-state index >= 15 is 0 Å². The van der Waals surface area contributed by atoms with E-state index in [-0.39, 0.29) is 0 Å². The fraction of sp³-hybridized carbons (Fsp3) is 0.308. The van der Waals surface area contributed by atoms with Crippen molar-refractivity contribution in [1.82, 2.24) is 4.90 Å². The third kappa shape index (κ3) is 3.96. The van der Waals surface area contributed by atoms with Gasteiger partial charge >= 0.3 is 12.1 Å². The second-order valence-corrected chi connectivity index (χ2v) is 8.66. The SMILES string of the molecule is CN(C(=O)C(F)(F)F)C1=C(C=[N+]2CCc3ccccc32)CCC1=CN1CCc2ccccc21.